The summed E-state index contributed by atoms with van der Waals surface area (Å²) in [6.45, 7) is 6.52. The summed E-state index contributed by atoms with van der Waals surface area (Å²) in [5.74, 6) is 3.47. The van der Waals surface area contributed by atoms with Gasteiger partial charge in [0.25, 0.3) is 0 Å². The molecular formula is C26H44N2O5. The van der Waals surface area contributed by atoms with Crippen LogP contribution in [0.25, 0.3) is 0 Å². The Morgan fingerprint density at radius 1 is 0.697 bits per heavy atom. The Morgan fingerprint density at radius 2 is 1.03 bits per heavy atom. The van der Waals surface area contributed by atoms with E-state index in [1.165, 1.54) is 58.3 Å². The molecule has 1 amide bonds. The Bertz CT molecular complexity index is 615. The molecule has 0 saturated carbocycles. The van der Waals surface area contributed by atoms with Gasteiger partial charge in [-0.2, -0.15) is 0 Å². The SMILES string of the molecule is CC(=O)NN.CCCCCCCCOC(=O)c1ccccc1C(=O)OCCCCCCCC. The maximum atomic E-state index is 12.4. The van der Waals surface area contributed by atoms with Crippen molar-refractivity contribution in [1.29, 1.82) is 0 Å². The average Bonchev–Trinajstić information content (AvgIpc) is 2.83. The van der Waals surface area contributed by atoms with Crippen LogP contribution in [0, 0.1) is 0 Å². The van der Waals surface area contributed by atoms with Crippen LogP contribution in [0.1, 0.15) is 119 Å². The molecule has 7 heteroatoms. The molecule has 1 aromatic carbocycles. The number of carbonyl (C=O) groups excluding carboxylic acids is 3. The highest BCUT2D eigenvalue weighted by Crippen LogP contribution is 2.14. The lowest BCUT2D eigenvalue weighted by molar-refractivity contribution is -0.119. The number of carbonyl (C=O) groups is 3. The molecule has 0 spiro atoms. The van der Waals surface area contributed by atoms with Gasteiger partial charge in [0.15, 0.2) is 0 Å². The summed E-state index contributed by atoms with van der Waals surface area (Å²) in [5.41, 5.74) is 2.47. The van der Waals surface area contributed by atoms with Crippen molar-refractivity contribution in [2.45, 2.75) is 97.8 Å². The number of ether oxygens (including phenoxy) is 2. The van der Waals surface area contributed by atoms with Crippen LogP contribution in [0.2, 0.25) is 0 Å². The predicted octanol–water partition coefficient (Wildman–Crippen LogP) is 5.72. The Labute approximate surface area is 199 Å². The van der Waals surface area contributed by atoms with E-state index >= 15 is 0 Å². The molecule has 0 saturated heterocycles. The van der Waals surface area contributed by atoms with E-state index in [9.17, 15) is 14.4 Å². The van der Waals surface area contributed by atoms with E-state index in [1.54, 1.807) is 24.3 Å². The molecule has 33 heavy (non-hydrogen) atoms. The highest BCUT2D eigenvalue weighted by molar-refractivity contribution is 6.03. The van der Waals surface area contributed by atoms with E-state index in [2.05, 4.69) is 19.7 Å². The molecule has 1 rings (SSSR count). The van der Waals surface area contributed by atoms with Gasteiger partial charge >= 0.3 is 11.9 Å². The van der Waals surface area contributed by atoms with Crippen molar-refractivity contribution in [3.05, 3.63) is 35.4 Å². The highest BCUT2D eigenvalue weighted by Gasteiger charge is 2.18. The number of benzene rings is 1. The first-order valence-corrected chi connectivity index (χ1v) is 12.4. The molecule has 0 aliphatic carbocycles. The van der Waals surface area contributed by atoms with Gasteiger partial charge in [-0.1, -0.05) is 90.2 Å². The topological polar surface area (TPSA) is 108 Å². The van der Waals surface area contributed by atoms with Gasteiger partial charge in [-0.25, -0.2) is 15.4 Å². The van der Waals surface area contributed by atoms with E-state index in [-0.39, 0.29) is 5.91 Å². The number of hydrazine groups is 1. The van der Waals surface area contributed by atoms with Gasteiger partial charge in [0.2, 0.25) is 5.91 Å². The van der Waals surface area contributed by atoms with Crippen molar-refractivity contribution in [3.63, 3.8) is 0 Å². The number of unbranched alkanes of at least 4 members (excludes halogenated alkanes) is 10. The molecule has 0 radical (unpaired) electrons. The molecular weight excluding hydrogens is 420 g/mol. The molecule has 188 valence electrons. The lowest BCUT2D eigenvalue weighted by Crippen LogP contribution is -2.26. The molecule has 0 fully saturated rings. The minimum absolute atomic E-state index is 0.218. The van der Waals surface area contributed by atoms with Gasteiger partial charge in [0, 0.05) is 6.92 Å². The van der Waals surface area contributed by atoms with E-state index in [1.807, 2.05) is 5.43 Å². The monoisotopic (exact) mass is 464 g/mol. The van der Waals surface area contributed by atoms with Crippen LogP contribution in [0.15, 0.2) is 24.3 Å². The second-order valence-corrected chi connectivity index (χ2v) is 8.05. The summed E-state index contributed by atoms with van der Waals surface area (Å²) in [7, 11) is 0. The first kappa shape index (κ1) is 30.6. The number of nitrogens with one attached hydrogen (secondary N) is 1. The third kappa shape index (κ3) is 16.8. The zero-order valence-electron chi connectivity index (χ0n) is 20.8. The number of amides is 1. The van der Waals surface area contributed by atoms with Crippen molar-refractivity contribution in [2.24, 2.45) is 5.84 Å². The number of esters is 2. The Kier molecular flexibility index (Phi) is 19.9. The predicted molar refractivity (Wildman–Crippen MR) is 132 cm³/mol. The van der Waals surface area contributed by atoms with E-state index in [4.69, 9.17) is 9.47 Å². The normalized spacial score (nSPS) is 10.1. The Balaban J connectivity index is 0.00000184. The fourth-order valence-corrected chi connectivity index (χ4v) is 3.09. The molecule has 0 unspecified atom stereocenters. The summed E-state index contributed by atoms with van der Waals surface area (Å²) in [6, 6.07) is 6.74. The van der Waals surface area contributed by atoms with Gasteiger partial charge in [0.1, 0.15) is 0 Å². The van der Waals surface area contributed by atoms with Crippen LogP contribution in [-0.4, -0.2) is 31.1 Å². The number of hydrogen-bond acceptors (Lipinski definition) is 6. The van der Waals surface area contributed by atoms with E-state index < -0.39 is 11.9 Å². The molecule has 0 heterocycles. The van der Waals surface area contributed by atoms with Crippen LogP contribution in [-0.2, 0) is 14.3 Å². The molecule has 7 nitrogen and oxygen atoms in total. The lowest BCUT2D eigenvalue weighted by atomic mass is 10.1. The molecule has 0 aliphatic rings. The number of nitrogens with two attached hydrogens (primary N) is 1. The lowest BCUT2D eigenvalue weighted by Gasteiger charge is -2.10. The molecule has 3 N–H and O–H groups in total. The highest BCUT2D eigenvalue weighted by atomic mass is 16.5. The second kappa shape index (κ2) is 21.4. The van der Waals surface area contributed by atoms with E-state index in [0.29, 0.717) is 24.3 Å². The summed E-state index contributed by atoms with van der Waals surface area (Å²) in [6.07, 6.45) is 13.6. The van der Waals surface area contributed by atoms with Crippen LogP contribution >= 0.6 is 0 Å². The van der Waals surface area contributed by atoms with Crippen LogP contribution < -0.4 is 11.3 Å². The summed E-state index contributed by atoms with van der Waals surface area (Å²) in [4.78, 5) is 34.3. The van der Waals surface area contributed by atoms with Crippen LogP contribution in [0.5, 0.6) is 0 Å². The van der Waals surface area contributed by atoms with Crippen molar-refractivity contribution >= 4 is 17.8 Å². The quantitative estimate of drug-likeness (QED) is 0.107. The maximum absolute atomic E-state index is 12.4. The minimum atomic E-state index is -0.444. The van der Waals surface area contributed by atoms with Crippen molar-refractivity contribution in [3.8, 4) is 0 Å². The third-order valence-corrected chi connectivity index (χ3v) is 5.03. The first-order valence-electron chi connectivity index (χ1n) is 12.4. The molecule has 0 atom stereocenters. The Hall–Kier alpha value is -2.41. The van der Waals surface area contributed by atoms with Crippen LogP contribution in [0.3, 0.4) is 0 Å². The van der Waals surface area contributed by atoms with Crippen molar-refractivity contribution in [2.75, 3.05) is 13.2 Å². The van der Waals surface area contributed by atoms with Gasteiger partial charge in [-0.3, -0.25) is 10.2 Å². The fourth-order valence-electron chi connectivity index (χ4n) is 3.09. The standard InChI is InChI=1S/C24H38O4.C2H6N2O/c1-3-5-7-9-11-15-19-27-23(25)21-17-13-14-18-22(21)24(26)28-20-16-12-10-8-6-4-2;1-2(5)4-3/h13-14,17-18H,3-12,15-16,19-20H2,1-2H3;3H2,1H3,(H,4,5). The Morgan fingerprint density at radius 3 is 1.36 bits per heavy atom. The van der Waals surface area contributed by atoms with Crippen molar-refractivity contribution < 1.29 is 23.9 Å². The molecule has 0 aliphatic heterocycles. The zero-order chi connectivity index (χ0) is 24.7. The van der Waals surface area contributed by atoms with Gasteiger partial charge < -0.3 is 9.47 Å². The van der Waals surface area contributed by atoms with Gasteiger partial charge in [-0.15, -0.1) is 0 Å². The van der Waals surface area contributed by atoms with Gasteiger partial charge in [0.05, 0.1) is 24.3 Å². The summed E-state index contributed by atoms with van der Waals surface area (Å²) < 4.78 is 10.7. The maximum Gasteiger partial charge on any atom is 0.339 e. The first-order chi connectivity index (χ1) is 16.0. The zero-order valence-corrected chi connectivity index (χ0v) is 20.8. The number of hydrogen-bond donors (Lipinski definition) is 2. The smallest absolute Gasteiger partial charge is 0.339 e. The minimum Gasteiger partial charge on any atom is -0.462 e. The summed E-state index contributed by atoms with van der Waals surface area (Å²) in [5, 5.41) is 0. The van der Waals surface area contributed by atoms with Crippen molar-refractivity contribution in [1.82, 2.24) is 5.43 Å². The second-order valence-electron chi connectivity index (χ2n) is 8.05. The fraction of sp³-hybridized carbons (Fsp3) is 0.654. The van der Waals surface area contributed by atoms with E-state index in [0.717, 1.165) is 25.7 Å². The number of rotatable bonds is 16. The molecule has 1 aromatic rings. The third-order valence-electron chi connectivity index (χ3n) is 5.03. The average molecular weight is 465 g/mol. The van der Waals surface area contributed by atoms with Crippen LogP contribution in [0.4, 0.5) is 0 Å². The largest absolute Gasteiger partial charge is 0.462 e. The molecule has 0 aromatic heterocycles. The summed E-state index contributed by atoms with van der Waals surface area (Å²) >= 11 is 0. The molecule has 0 bridgehead atoms. The van der Waals surface area contributed by atoms with Gasteiger partial charge in [-0.05, 0) is 25.0 Å².